The number of amides is 1. The zero-order valence-corrected chi connectivity index (χ0v) is 12.8. The molecule has 1 aromatic rings. The van der Waals surface area contributed by atoms with Gasteiger partial charge in [0.15, 0.2) is 0 Å². The van der Waals surface area contributed by atoms with E-state index in [1.807, 2.05) is 0 Å². The summed E-state index contributed by atoms with van der Waals surface area (Å²) in [6, 6.07) is 3.74. The predicted molar refractivity (Wildman–Crippen MR) is 74.1 cm³/mol. The molecule has 1 amide bonds. The lowest BCUT2D eigenvalue weighted by Crippen LogP contribution is -2.38. The number of ether oxygens (including phenoxy) is 1. The van der Waals surface area contributed by atoms with Crippen LogP contribution in [0, 0.1) is 0 Å². The van der Waals surface area contributed by atoms with Gasteiger partial charge in [0.1, 0.15) is 5.75 Å². The summed E-state index contributed by atoms with van der Waals surface area (Å²) in [6.07, 6.45) is -3.07. The molecule has 0 spiro atoms. The van der Waals surface area contributed by atoms with Crippen LogP contribution in [0.25, 0.3) is 0 Å². The quantitative estimate of drug-likeness (QED) is 0.871. The molecule has 0 unspecified atom stereocenters. The zero-order chi connectivity index (χ0) is 17.1. The Labute approximate surface area is 131 Å². The van der Waals surface area contributed by atoms with E-state index in [1.165, 1.54) is 0 Å². The predicted octanol–water partition coefficient (Wildman–Crippen LogP) is 1.49. The molecule has 0 aromatic heterocycles. The van der Waals surface area contributed by atoms with Crippen molar-refractivity contribution < 1.29 is 31.1 Å². The van der Waals surface area contributed by atoms with Crippen molar-refractivity contribution in [2.45, 2.75) is 24.1 Å². The van der Waals surface area contributed by atoms with Gasteiger partial charge >= 0.3 is 6.36 Å². The molecule has 1 aliphatic heterocycles. The fourth-order valence-electron chi connectivity index (χ4n) is 2.14. The van der Waals surface area contributed by atoms with Gasteiger partial charge in [-0.15, -0.1) is 13.2 Å². The summed E-state index contributed by atoms with van der Waals surface area (Å²) in [5.41, 5.74) is 0. The molecule has 10 heteroatoms. The lowest BCUT2D eigenvalue weighted by molar-refractivity contribution is -0.274. The van der Waals surface area contributed by atoms with Gasteiger partial charge in [-0.3, -0.25) is 4.79 Å². The Morgan fingerprint density at radius 2 is 1.74 bits per heavy atom. The summed E-state index contributed by atoms with van der Waals surface area (Å²) in [4.78, 5) is 13.1. The highest BCUT2D eigenvalue weighted by molar-refractivity contribution is 7.89. The maximum absolute atomic E-state index is 12.0. The molecule has 1 aliphatic rings. The number of nitrogens with one attached hydrogen (secondary N) is 1. The van der Waals surface area contributed by atoms with Gasteiger partial charge in [0.05, 0.1) is 11.4 Å². The second kappa shape index (κ2) is 6.75. The third-order valence-corrected chi connectivity index (χ3v) is 4.66. The maximum Gasteiger partial charge on any atom is 0.573 e. The molecular formula is C13H15F3N2O4S. The van der Waals surface area contributed by atoms with E-state index in [9.17, 15) is 26.4 Å². The lowest BCUT2D eigenvalue weighted by Gasteiger charge is -2.15. The van der Waals surface area contributed by atoms with E-state index in [-0.39, 0.29) is 17.3 Å². The van der Waals surface area contributed by atoms with Crippen LogP contribution in [0.4, 0.5) is 13.2 Å². The third kappa shape index (κ3) is 5.10. The van der Waals surface area contributed by atoms with Crippen LogP contribution in [-0.4, -0.2) is 45.2 Å². The number of rotatable bonds is 5. The number of carbonyl (C=O) groups excluding carboxylic acids is 1. The highest BCUT2D eigenvalue weighted by Crippen LogP contribution is 2.23. The van der Waals surface area contributed by atoms with Gasteiger partial charge in [0.2, 0.25) is 15.9 Å². The number of nitrogens with zero attached hydrogens (tertiary/aromatic N) is 1. The van der Waals surface area contributed by atoms with E-state index in [0.717, 1.165) is 37.1 Å². The Morgan fingerprint density at radius 1 is 1.17 bits per heavy atom. The SMILES string of the molecule is O=C(CNS(=O)(=O)c1ccc(OC(F)(F)F)cc1)N1CCCC1. The molecule has 0 radical (unpaired) electrons. The summed E-state index contributed by atoms with van der Waals surface area (Å²) in [5.74, 6) is -0.854. The number of benzene rings is 1. The number of sulfonamides is 1. The molecule has 0 atom stereocenters. The first-order valence-corrected chi connectivity index (χ1v) is 8.29. The third-order valence-electron chi connectivity index (χ3n) is 3.24. The Hall–Kier alpha value is -1.81. The van der Waals surface area contributed by atoms with Gasteiger partial charge in [-0.05, 0) is 37.1 Å². The number of halogens is 3. The molecule has 1 N–H and O–H groups in total. The first kappa shape index (κ1) is 17.5. The molecule has 1 aromatic carbocycles. The summed E-state index contributed by atoms with van der Waals surface area (Å²) in [5, 5.41) is 0. The molecule has 0 aliphatic carbocycles. The Morgan fingerprint density at radius 3 is 2.26 bits per heavy atom. The minimum absolute atomic E-state index is 0.249. The van der Waals surface area contributed by atoms with E-state index in [1.54, 1.807) is 4.90 Å². The lowest BCUT2D eigenvalue weighted by atomic mass is 10.3. The molecule has 1 saturated heterocycles. The summed E-state index contributed by atoms with van der Waals surface area (Å²) in [6.45, 7) is 0.817. The fraction of sp³-hybridized carbons (Fsp3) is 0.462. The van der Waals surface area contributed by atoms with Gasteiger partial charge in [-0.2, -0.15) is 0 Å². The number of carbonyl (C=O) groups is 1. The van der Waals surface area contributed by atoms with Gasteiger partial charge in [0, 0.05) is 13.1 Å². The van der Waals surface area contributed by atoms with Crippen molar-refractivity contribution in [3.63, 3.8) is 0 Å². The largest absolute Gasteiger partial charge is 0.573 e. The molecule has 6 nitrogen and oxygen atoms in total. The molecule has 0 bridgehead atoms. The summed E-state index contributed by atoms with van der Waals surface area (Å²) < 4.78 is 65.9. The minimum atomic E-state index is -4.85. The summed E-state index contributed by atoms with van der Waals surface area (Å²) >= 11 is 0. The van der Waals surface area contributed by atoms with Gasteiger partial charge < -0.3 is 9.64 Å². The maximum atomic E-state index is 12.0. The van der Waals surface area contributed by atoms with Crippen molar-refractivity contribution in [2.75, 3.05) is 19.6 Å². The van der Waals surface area contributed by atoms with Crippen molar-refractivity contribution in [1.29, 1.82) is 0 Å². The van der Waals surface area contributed by atoms with Crippen LogP contribution in [0.2, 0.25) is 0 Å². The molecule has 1 fully saturated rings. The van der Waals surface area contributed by atoms with Crippen LogP contribution in [-0.2, 0) is 14.8 Å². The van der Waals surface area contributed by atoms with Crippen molar-refractivity contribution in [2.24, 2.45) is 0 Å². The molecule has 23 heavy (non-hydrogen) atoms. The van der Waals surface area contributed by atoms with E-state index >= 15 is 0 Å². The van der Waals surface area contributed by atoms with Crippen LogP contribution in [0.1, 0.15) is 12.8 Å². The van der Waals surface area contributed by atoms with Crippen LogP contribution in [0.5, 0.6) is 5.75 Å². The van der Waals surface area contributed by atoms with Gasteiger partial charge in [-0.1, -0.05) is 0 Å². The van der Waals surface area contributed by atoms with Crippen molar-refractivity contribution in [3.8, 4) is 5.75 Å². The molecule has 128 valence electrons. The number of hydrogen-bond acceptors (Lipinski definition) is 4. The van der Waals surface area contributed by atoms with Crippen molar-refractivity contribution in [1.82, 2.24) is 9.62 Å². The highest BCUT2D eigenvalue weighted by Gasteiger charge is 2.31. The van der Waals surface area contributed by atoms with E-state index in [0.29, 0.717) is 13.1 Å². The van der Waals surface area contributed by atoms with E-state index in [2.05, 4.69) is 9.46 Å². The van der Waals surface area contributed by atoms with Crippen molar-refractivity contribution in [3.05, 3.63) is 24.3 Å². The van der Waals surface area contributed by atoms with Crippen LogP contribution >= 0.6 is 0 Å². The standard InChI is InChI=1S/C13H15F3N2O4S/c14-13(15,16)22-10-3-5-11(6-4-10)23(20,21)17-9-12(19)18-7-1-2-8-18/h3-6,17H,1-2,7-9H2. The summed E-state index contributed by atoms with van der Waals surface area (Å²) in [7, 11) is -3.98. The molecule has 0 saturated carbocycles. The minimum Gasteiger partial charge on any atom is -0.406 e. The number of likely N-dealkylation sites (tertiary alicyclic amines) is 1. The normalized spacial score (nSPS) is 15.7. The van der Waals surface area contributed by atoms with E-state index in [4.69, 9.17) is 0 Å². The molecule has 1 heterocycles. The Kier molecular flexibility index (Phi) is 5.15. The van der Waals surface area contributed by atoms with E-state index < -0.39 is 22.1 Å². The average Bonchev–Trinajstić information content (AvgIpc) is 2.98. The second-order valence-corrected chi connectivity index (χ2v) is 6.70. The fourth-order valence-corrected chi connectivity index (χ4v) is 3.11. The molecular weight excluding hydrogens is 337 g/mol. The topological polar surface area (TPSA) is 75.7 Å². The second-order valence-electron chi connectivity index (χ2n) is 4.93. The first-order chi connectivity index (χ1) is 10.7. The average molecular weight is 352 g/mol. The van der Waals surface area contributed by atoms with Crippen LogP contribution < -0.4 is 9.46 Å². The van der Waals surface area contributed by atoms with Gasteiger partial charge in [-0.25, -0.2) is 13.1 Å². The smallest absolute Gasteiger partial charge is 0.406 e. The van der Waals surface area contributed by atoms with Gasteiger partial charge in [0.25, 0.3) is 0 Å². The number of hydrogen-bond donors (Lipinski definition) is 1. The highest BCUT2D eigenvalue weighted by atomic mass is 32.2. The van der Waals surface area contributed by atoms with Crippen LogP contribution in [0.3, 0.4) is 0 Å². The first-order valence-electron chi connectivity index (χ1n) is 6.81. The monoisotopic (exact) mass is 352 g/mol. The Bertz CT molecular complexity index is 653. The Balaban J connectivity index is 1.97. The number of alkyl halides is 3. The zero-order valence-electron chi connectivity index (χ0n) is 12.0. The molecule has 2 rings (SSSR count). The van der Waals surface area contributed by atoms with Crippen LogP contribution in [0.15, 0.2) is 29.2 Å². The van der Waals surface area contributed by atoms with Crippen molar-refractivity contribution >= 4 is 15.9 Å².